The molecule has 0 radical (unpaired) electrons. The summed E-state index contributed by atoms with van der Waals surface area (Å²) in [7, 11) is 0. The zero-order valence-electron chi connectivity index (χ0n) is 11.4. The van der Waals surface area contributed by atoms with Gasteiger partial charge in [0.15, 0.2) is 6.10 Å². The van der Waals surface area contributed by atoms with Crippen molar-refractivity contribution in [3.05, 3.63) is 60.4 Å². The molecule has 108 valence electrons. The van der Waals surface area contributed by atoms with Crippen molar-refractivity contribution in [1.29, 1.82) is 0 Å². The van der Waals surface area contributed by atoms with Crippen LogP contribution in [0.25, 0.3) is 0 Å². The Balaban J connectivity index is 1.83. The fourth-order valence-electron chi connectivity index (χ4n) is 2.27. The number of amides is 1. The Kier molecular flexibility index (Phi) is 4.12. The molecule has 0 saturated carbocycles. The maximum Gasteiger partial charge on any atom is 0.246 e. The summed E-state index contributed by atoms with van der Waals surface area (Å²) in [6.45, 7) is 0.489. The SMILES string of the molecule is O=C1COC(C(Oc2cccnc2)c2ccccc2)CN1. The number of hydrogen-bond acceptors (Lipinski definition) is 4. The second-order valence-electron chi connectivity index (χ2n) is 4.79. The zero-order chi connectivity index (χ0) is 14.5. The highest BCUT2D eigenvalue weighted by molar-refractivity contribution is 5.77. The van der Waals surface area contributed by atoms with Gasteiger partial charge in [-0.25, -0.2) is 0 Å². The number of aromatic nitrogens is 1. The van der Waals surface area contributed by atoms with Gasteiger partial charge in [-0.05, 0) is 17.7 Å². The Morgan fingerprint density at radius 1 is 1.24 bits per heavy atom. The Bertz CT molecular complexity index is 579. The summed E-state index contributed by atoms with van der Waals surface area (Å²) in [5, 5.41) is 2.81. The topological polar surface area (TPSA) is 60.5 Å². The van der Waals surface area contributed by atoms with Crippen molar-refractivity contribution in [3.63, 3.8) is 0 Å². The van der Waals surface area contributed by atoms with Gasteiger partial charge in [0.25, 0.3) is 0 Å². The Labute approximate surface area is 122 Å². The molecule has 5 nitrogen and oxygen atoms in total. The van der Waals surface area contributed by atoms with E-state index in [2.05, 4.69) is 10.3 Å². The van der Waals surface area contributed by atoms with Gasteiger partial charge in [0.05, 0.1) is 6.20 Å². The largest absolute Gasteiger partial charge is 0.481 e. The van der Waals surface area contributed by atoms with Crippen LogP contribution in [-0.4, -0.2) is 30.1 Å². The number of rotatable bonds is 4. The van der Waals surface area contributed by atoms with Crippen LogP contribution in [0.4, 0.5) is 0 Å². The quantitative estimate of drug-likeness (QED) is 0.928. The van der Waals surface area contributed by atoms with Crippen molar-refractivity contribution in [1.82, 2.24) is 10.3 Å². The van der Waals surface area contributed by atoms with Gasteiger partial charge in [0.2, 0.25) is 5.91 Å². The first-order valence-electron chi connectivity index (χ1n) is 6.83. The van der Waals surface area contributed by atoms with Gasteiger partial charge in [-0.2, -0.15) is 0 Å². The zero-order valence-corrected chi connectivity index (χ0v) is 11.4. The second-order valence-corrected chi connectivity index (χ2v) is 4.79. The molecule has 2 aromatic rings. The molecule has 2 unspecified atom stereocenters. The van der Waals surface area contributed by atoms with E-state index in [0.29, 0.717) is 12.3 Å². The number of nitrogens with one attached hydrogen (secondary N) is 1. The van der Waals surface area contributed by atoms with Gasteiger partial charge in [-0.3, -0.25) is 9.78 Å². The van der Waals surface area contributed by atoms with Crippen LogP contribution in [0, 0.1) is 0 Å². The minimum Gasteiger partial charge on any atom is -0.481 e. The van der Waals surface area contributed by atoms with E-state index in [1.54, 1.807) is 12.4 Å². The molecule has 1 aromatic heterocycles. The molecule has 5 heteroatoms. The highest BCUT2D eigenvalue weighted by atomic mass is 16.5. The lowest BCUT2D eigenvalue weighted by Crippen LogP contribution is -2.46. The lowest BCUT2D eigenvalue weighted by molar-refractivity contribution is -0.137. The van der Waals surface area contributed by atoms with Crippen LogP contribution >= 0.6 is 0 Å². The number of benzene rings is 1. The standard InChI is InChI=1S/C16H16N2O3/c19-15-11-20-14(10-18-15)16(12-5-2-1-3-6-12)21-13-7-4-8-17-9-13/h1-9,14,16H,10-11H2,(H,18,19). The van der Waals surface area contributed by atoms with Gasteiger partial charge in [0, 0.05) is 12.7 Å². The fourth-order valence-corrected chi connectivity index (χ4v) is 2.27. The maximum atomic E-state index is 11.2. The molecule has 1 aliphatic rings. The number of carbonyl (C=O) groups excluding carboxylic acids is 1. The van der Waals surface area contributed by atoms with E-state index in [-0.39, 0.29) is 24.7 Å². The Hall–Kier alpha value is -2.40. The highest BCUT2D eigenvalue weighted by Gasteiger charge is 2.30. The molecule has 2 heterocycles. The normalized spacial score (nSPS) is 19.6. The van der Waals surface area contributed by atoms with Crippen LogP contribution in [-0.2, 0) is 9.53 Å². The first-order chi connectivity index (χ1) is 10.3. The summed E-state index contributed by atoms with van der Waals surface area (Å²) in [5.74, 6) is 0.575. The summed E-state index contributed by atoms with van der Waals surface area (Å²) in [5.41, 5.74) is 1.00. The predicted molar refractivity (Wildman–Crippen MR) is 76.8 cm³/mol. The molecule has 1 fully saturated rings. The molecular formula is C16H16N2O3. The molecular weight excluding hydrogens is 268 g/mol. The monoisotopic (exact) mass is 284 g/mol. The highest BCUT2D eigenvalue weighted by Crippen LogP contribution is 2.26. The summed E-state index contributed by atoms with van der Waals surface area (Å²) in [4.78, 5) is 15.3. The first kappa shape index (κ1) is 13.6. The molecule has 21 heavy (non-hydrogen) atoms. The molecule has 3 rings (SSSR count). The number of nitrogens with zero attached hydrogens (tertiary/aromatic N) is 1. The first-order valence-corrected chi connectivity index (χ1v) is 6.83. The lowest BCUT2D eigenvalue weighted by Gasteiger charge is -2.31. The van der Waals surface area contributed by atoms with Gasteiger partial charge in [0.1, 0.15) is 18.5 Å². The van der Waals surface area contributed by atoms with E-state index in [1.807, 2.05) is 42.5 Å². The number of pyridine rings is 1. The van der Waals surface area contributed by atoms with E-state index in [4.69, 9.17) is 9.47 Å². The third-order valence-electron chi connectivity index (χ3n) is 3.29. The van der Waals surface area contributed by atoms with Crippen molar-refractivity contribution in [2.24, 2.45) is 0 Å². The number of ether oxygens (including phenoxy) is 2. The minimum atomic E-state index is -0.295. The van der Waals surface area contributed by atoms with Crippen molar-refractivity contribution >= 4 is 5.91 Å². The molecule has 0 bridgehead atoms. The average Bonchev–Trinajstić information content (AvgIpc) is 2.55. The van der Waals surface area contributed by atoms with Crippen LogP contribution in [0.2, 0.25) is 0 Å². The molecule has 0 aliphatic carbocycles. The van der Waals surface area contributed by atoms with Crippen LogP contribution < -0.4 is 10.1 Å². The number of hydrogen-bond donors (Lipinski definition) is 1. The van der Waals surface area contributed by atoms with Crippen molar-refractivity contribution < 1.29 is 14.3 Å². The molecule has 1 saturated heterocycles. The molecule has 2 atom stereocenters. The third-order valence-corrected chi connectivity index (χ3v) is 3.29. The Morgan fingerprint density at radius 2 is 2.10 bits per heavy atom. The number of carbonyl (C=O) groups is 1. The molecule has 1 N–H and O–H groups in total. The van der Waals surface area contributed by atoms with Gasteiger partial charge in [-0.15, -0.1) is 0 Å². The van der Waals surface area contributed by atoms with E-state index >= 15 is 0 Å². The fraction of sp³-hybridized carbons (Fsp3) is 0.250. The smallest absolute Gasteiger partial charge is 0.246 e. The average molecular weight is 284 g/mol. The van der Waals surface area contributed by atoms with E-state index in [1.165, 1.54) is 0 Å². The van der Waals surface area contributed by atoms with Crippen LogP contribution in [0.15, 0.2) is 54.9 Å². The predicted octanol–water partition coefficient (Wildman–Crippen LogP) is 1.72. The second kappa shape index (κ2) is 6.37. The molecule has 1 aromatic carbocycles. The van der Waals surface area contributed by atoms with Gasteiger partial charge >= 0.3 is 0 Å². The molecule has 0 spiro atoms. The van der Waals surface area contributed by atoms with Crippen LogP contribution in [0.3, 0.4) is 0 Å². The summed E-state index contributed by atoms with van der Waals surface area (Å²) >= 11 is 0. The maximum absolute atomic E-state index is 11.2. The van der Waals surface area contributed by atoms with Crippen molar-refractivity contribution in [2.75, 3.05) is 13.2 Å². The van der Waals surface area contributed by atoms with E-state index in [0.717, 1.165) is 5.56 Å². The lowest BCUT2D eigenvalue weighted by atomic mass is 10.0. The summed E-state index contributed by atoms with van der Waals surface area (Å²) < 4.78 is 11.7. The van der Waals surface area contributed by atoms with E-state index < -0.39 is 0 Å². The summed E-state index contributed by atoms with van der Waals surface area (Å²) in [6.07, 6.45) is 2.83. The van der Waals surface area contributed by atoms with Crippen molar-refractivity contribution in [3.8, 4) is 5.75 Å². The molecule has 1 aliphatic heterocycles. The number of morpholine rings is 1. The Morgan fingerprint density at radius 3 is 2.76 bits per heavy atom. The van der Waals surface area contributed by atoms with Crippen LogP contribution in [0.1, 0.15) is 11.7 Å². The van der Waals surface area contributed by atoms with E-state index in [9.17, 15) is 4.79 Å². The third kappa shape index (κ3) is 3.38. The summed E-state index contributed by atoms with van der Waals surface area (Å²) in [6, 6.07) is 13.5. The molecule has 1 amide bonds. The van der Waals surface area contributed by atoms with Gasteiger partial charge < -0.3 is 14.8 Å². The van der Waals surface area contributed by atoms with Crippen LogP contribution in [0.5, 0.6) is 5.75 Å². The van der Waals surface area contributed by atoms with Crippen molar-refractivity contribution in [2.45, 2.75) is 12.2 Å². The van der Waals surface area contributed by atoms with Gasteiger partial charge in [-0.1, -0.05) is 30.3 Å². The minimum absolute atomic E-state index is 0.0599.